The van der Waals surface area contributed by atoms with Crippen LogP contribution in [0.2, 0.25) is 20.1 Å². The molecule has 71 heavy (non-hydrogen) atoms. The molecule has 5 aromatic rings. The average Bonchev–Trinajstić information content (AvgIpc) is 3.80. The molecule has 0 radical (unpaired) electrons. The smallest absolute Gasteiger partial charge is 0.296 e. The summed E-state index contributed by atoms with van der Waals surface area (Å²) in [4.78, 5) is 12.2. The fourth-order valence-corrected chi connectivity index (χ4v) is 9.42. The Labute approximate surface area is 425 Å². The van der Waals surface area contributed by atoms with Crippen molar-refractivity contribution >= 4 is 139 Å². The van der Waals surface area contributed by atoms with Crippen molar-refractivity contribution in [2.75, 3.05) is 53.8 Å². The Balaban J connectivity index is 1.37. The molecule has 2 heterocycles. The van der Waals surface area contributed by atoms with Gasteiger partial charge in [0.1, 0.15) is 32.7 Å². The first-order valence-corrected chi connectivity index (χ1v) is 27.8. The summed E-state index contributed by atoms with van der Waals surface area (Å²) >= 11 is 25.1. The number of hydrogen-bond donors (Lipinski definition) is 7. The molecule has 1 aliphatic rings. The number of azo groups is 2. The van der Waals surface area contributed by atoms with E-state index >= 15 is 0 Å². The van der Waals surface area contributed by atoms with Gasteiger partial charge in [-0.1, -0.05) is 46.4 Å². The lowest BCUT2D eigenvalue weighted by molar-refractivity contribution is 0.120. The Bertz CT molecular complexity index is 3110. The van der Waals surface area contributed by atoms with E-state index in [-0.39, 0.29) is 122 Å². The number of halogens is 4. The molecule has 0 saturated carbocycles. The summed E-state index contributed by atoms with van der Waals surface area (Å²) in [5.41, 5.74) is -0.0251. The monoisotopic (exact) mass is 1140 g/mol. The molecule has 33 heteroatoms. The first-order chi connectivity index (χ1) is 33.3. The van der Waals surface area contributed by atoms with Gasteiger partial charge in [-0.2, -0.15) is 58.9 Å². The average molecular weight is 1140 g/mol. The molecule has 1 aromatic heterocycles. The van der Waals surface area contributed by atoms with Crippen LogP contribution in [-0.4, -0.2) is 111 Å². The van der Waals surface area contributed by atoms with Crippen LogP contribution in [0.5, 0.6) is 11.5 Å². The van der Waals surface area contributed by atoms with Crippen LogP contribution in [-0.2, 0) is 45.2 Å². The van der Waals surface area contributed by atoms with E-state index in [1.807, 2.05) is 0 Å². The van der Waals surface area contributed by atoms with Crippen molar-refractivity contribution in [3.63, 3.8) is 0 Å². The van der Waals surface area contributed by atoms with E-state index in [2.05, 4.69) is 51.4 Å². The van der Waals surface area contributed by atoms with E-state index in [9.17, 15) is 51.9 Å². The van der Waals surface area contributed by atoms with Gasteiger partial charge in [-0.25, -0.2) is 0 Å². The SMILES string of the molecule is O=S(=O)(O)CCCOc1cc(N=Nc2ccc(Cl)c(S(=O)(=O)O)c2)c(Cl)cc1Nc1nc(NCC2CCCO2)nc(Nc2cc(Cl)c(N=Nc3ccc(Cl)c(S(=O)(=O)O)c3)cc2OCCCS(=O)(=O)O)n1. The van der Waals surface area contributed by atoms with Crippen LogP contribution in [0.15, 0.2) is 90.9 Å². The van der Waals surface area contributed by atoms with Crippen LogP contribution in [0.25, 0.3) is 0 Å². The maximum absolute atomic E-state index is 11.8. The van der Waals surface area contributed by atoms with Crippen LogP contribution in [0.4, 0.5) is 52.0 Å². The largest absolute Gasteiger partial charge is 0.491 e. The fourth-order valence-electron chi connectivity index (χ4n) is 6.06. The second-order valence-corrected chi connectivity index (χ2v) is 22.3. The molecule has 7 N–H and O–H groups in total. The van der Waals surface area contributed by atoms with Gasteiger partial charge in [-0.3, -0.25) is 18.2 Å². The number of nitrogens with one attached hydrogen (secondary N) is 3. The van der Waals surface area contributed by atoms with Crippen LogP contribution >= 0.6 is 46.4 Å². The minimum absolute atomic E-state index is 0.000713. The third-order valence-electron chi connectivity index (χ3n) is 9.28. The second-order valence-electron chi connectivity index (χ2n) is 14.7. The minimum atomic E-state index is -4.73. The fraction of sp³-hybridized carbons (Fsp3) is 0.289. The Morgan fingerprint density at radius 2 is 1.03 bits per heavy atom. The third kappa shape index (κ3) is 17.0. The van der Waals surface area contributed by atoms with Gasteiger partial charge >= 0.3 is 0 Å². The Kier molecular flexibility index (Phi) is 18.3. The highest BCUT2D eigenvalue weighted by Crippen LogP contribution is 2.41. The van der Waals surface area contributed by atoms with Gasteiger partial charge in [0.2, 0.25) is 17.8 Å². The molecule has 382 valence electrons. The second kappa shape index (κ2) is 23.6. The summed E-state index contributed by atoms with van der Waals surface area (Å²) in [6.07, 6.45) is 1.04. The van der Waals surface area contributed by atoms with Crippen LogP contribution in [0.1, 0.15) is 25.7 Å². The Morgan fingerprint density at radius 1 is 0.592 bits per heavy atom. The predicted octanol–water partition coefficient (Wildman–Crippen LogP) is 9.20. The molecule has 4 aromatic carbocycles. The van der Waals surface area contributed by atoms with Gasteiger partial charge in [0, 0.05) is 25.3 Å². The van der Waals surface area contributed by atoms with Crippen molar-refractivity contribution < 1.29 is 66.1 Å². The molecular weight excluding hydrogens is 1110 g/mol. The zero-order valence-electron chi connectivity index (χ0n) is 36.0. The molecule has 0 amide bonds. The van der Waals surface area contributed by atoms with Gasteiger partial charge in [-0.05, 0) is 74.2 Å². The molecule has 0 aliphatic carbocycles. The number of ether oxygens (including phenoxy) is 3. The summed E-state index contributed by atoms with van der Waals surface area (Å²) in [6.45, 7) is 0.276. The molecule has 6 rings (SSSR count). The molecule has 0 bridgehead atoms. The van der Waals surface area contributed by atoms with Gasteiger partial charge in [-0.15, -0.1) is 10.2 Å². The van der Waals surface area contributed by atoms with Crippen molar-refractivity contribution in [3.05, 3.63) is 80.8 Å². The lowest BCUT2D eigenvalue weighted by Gasteiger charge is -2.17. The molecule has 25 nitrogen and oxygen atoms in total. The summed E-state index contributed by atoms with van der Waals surface area (Å²) in [7, 11) is -18.2. The van der Waals surface area contributed by atoms with Crippen molar-refractivity contribution in [1.29, 1.82) is 0 Å². The van der Waals surface area contributed by atoms with Gasteiger partial charge in [0.15, 0.2) is 0 Å². The summed E-state index contributed by atoms with van der Waals surface area (Å²) < 4.78 is 148. The van der Waals surface area contributed by atoms with Gasteiger partial charge in [0.25, 0.3) is 40.5 Å². The van der Waals surface area contributed by atoms with Crippen LogP contribution in [0.3, 0.4) is 0 Å². The van der Waals surface area contributed by atoms with E-state index in [0.717, 1.165) is 25.0 Å². The lowest BCUT2D eigenvalue weighted by atomic mass is 10.2. The van der Waals surface area contributed by atoms with Crippen LogP contribution in [0, 0.1) is 0 Å². The van der Waals surface area contributed by atoms with Crippen molar-refractivity contribution in [1.82, 2.24) is 15.0 Å². The topological polar surface area (TPSA) is 369 Å². The summed E-state index contributed by atoms with van der Waals surface area (Å²) in [5.74, 6) is -1.67. The molecule has 1 saturated heterocycles. The first-order valence-electron chi connectivity index (χ1n) is 20.2. The van der Waals surface area contributed by atoms with Gasteiger partial charge in [0.05, 0.1) is 73.7 Å². The standard InChI is InChI=1S/C38H38Cl4N10O15S4/c39-24-7-5-21(14-34(24)70(59,60)61)49-51-28-18-32(66-10-2-12-68(53,54)55)30(16-26(28)41)44-37-46-36(43-20-23-4-1-9-65-23)47-38(48-37)45-31-17-27(42)29(19-33(31)67-11-3-13-69(56,57)58)52-50-22-6-8-25(40)35(15-22)71(62,63)64/h5-8,14-19,23H,1-4,9-13,20H2,(H,53,54,55)(H,56,57,58)(H,59,60,61)(H,62,63,64)(H3,43,44,45,46,47,48). The normalized spacial score (nSPS) is 14.6. The third-order valence-corrected chi connectivity index (χ3v) is 14.2. The highest BCUT2D eigenvalue weighted by atomic mass is 35.5. The summed E-state index contributed by atoms with van der Waals surface area (Å²) in [5, 5.41) is 24.6. The number of anilines is 5. The van der Waals surface area contributed by atoms with E-state index in [1.165, 1.54) is 48.5 Å². The first kappa shape index (κ1) is 55.2. The zero-order valence-corrected chi connectivity index (χ0v) is 42.3. The molecular formula is C38H38Cl4N10O15S4. The molecule has 1 aliphatic heterocycles. The zero-order chi connectivity index (χ0) is 51.7. The lowest BCUT2D eigenvalue weighted by Crippen LogP contribution is -2.20. The molecule has 0 spiro atoms. The number of aromatic nitrogens is 3. The highest BCUT2D eigenvalue weighted by molar-refractivity contribution is 7.86. The maximum atomic E-state index is 11.8. The van der Waals surface area contributed by atoms with Gasteiger partial charge < -0.3 is 30.2 Å². The number of nitrogens with zero attached hydrogens (tertiary/aromatic N) is 7. The van der Waals surface area contributed by atoms with E-state index < -0.39 is 61.8 Å². The van der Waals surface area contributed by atoms with Crippen molar-refractivity contribution in [3.8, 4) is 11.5 Å². The Hall–Kier alpha value is -5.15. The highest BCUT2D eigenvalue weighted by Gasteiger charge is 2.21. The molecule has 1 unspecified atom stereocenters. The molecule has 1 atom stereocenters. The quantitative estimate of drug-likeness (QED) is 0.0182. The maximum Gasteiger partial charge on any atom is 0.296 e. The Morgan fingerprint density at radius 3 is 1.42 bits per heavy atom. The van der Waals surface area contributed by atoms with Crippen LogP contribution < -0.4 is 25.4 Å². The van der Waals surface area contributed by atoms with Crippen molar-refractivity contribution in [2.24, 2.45) is 20.5 Å². The van der Waals surface area contributed by atoms with Crippen molar-refractivity contribution in [2.45, 2.75) is 41.6 Å². The number of benzene rings is 4. The summed E-state index contributed by atoms with van der Waals surface area (Å²) in [6, 6.07) is 12.2. The number of rotatable bonds is 23. The molecule has 1 fully saturated rings. The predicted molar refractivity (Wildman–Crippen MR) is 261 cm³/mol. The van der Waals surface area contributed by atoms with E-state index in [4.69, 9.17) is 60.6 Å². The van der Waals surface area contributed by atoms with E-state index in [1.54, 1.807) is 0 Å². The van der Waals surface area contributed by atoms with E-state index in [0.29, 0.717) is 6.61 Å². The number of hydrogen-bond acceptors (Lipinski definition) is 21. The minimum Gasteiger partial charge on any atom is -0.491 e.